The minimum atomic E-state index is -2.57. The standard InChI is InChI=1S/C41H42Cl2F2N4O4/c42-33-17-28(22-48-34-9-1-2-10-35(34)50)38(52-23-27-16-26(19-46)20-47-21-27)18-39(33)53-36-13-12-30-29(6-3-7-31(30)36)32-8-4-11-37(40(32)43)51-15-5-14-49-24-41(44,45)25-49/h3-4,6-8,11,16-18,20-21,34-36,48,50H,1-2,5,9-10,12-15,22-25H2/t34-,35+,36+/m1/s1. The number of aliphatic hydroxyl groups excluding tert-OH is 1. The summed E-state index contributed by atoms with van der Waals surface area (Å²) in [5, 5.41) is 24.4. The normalized spacial score (nSPS) is 20.6. The number of halogens is 4. The predicted molar refractivity (Wildman–Crippen MR) is 200 cm³/mol. The topological polar surface area (TPSA) is 99.9 Å². The third kappa shape index (κ3) is 8.88. The lowest BCUT2D eigenvalue weighted by molar-refractivity contribution is -0.130. The van der Waals surface area contributed by atoms with Crippen molar-refractivity contribution < 1.29 is 28.1 Å². The first kappa shape index (κ1) is 37.3. The van der Waals surface area contributed by atoms with Gasteiger partial charge in [-0.15, -0.1) is 0 Å². The van der Waals surface area contributed by atoms with Crippen molar-refractivity contribution in [2.45, 2.75) is 82.3 Å². The highest BCUT2D eigenvalue weighted by molar-refractivity contribution is 6.35. The summed E-state index contributed by atoms with van der Waals surface area (Å²) in [5.41, 5.74) is 6.08. The molecule has 8 nitrogen and oxygen atoms in total. The van der Waals surface area contributed by atoms with Gasteiger partial charge in [-0.05, 0) is 67.0 Å². The van der Waals surface area contributed by atoms with E-state index in [0.29, 0.717) is 59.0 Å². The van der Waals surface area contributed by atoms with Crippen LogP contribution in [0.3, 0.4) is 0 Å². The fraction of sp³-hybridized carbons (Fsp3) is 0.415. The van der Waals surface area contributed by atoms with Crippen molar-refractivity contribution in [2.24, 2.45) is 0 Å². The van der Waals surface area contributed by atoms with Gasteiger partial charge in [-0.25, -0.2) is 8.78 Å². The van der Waals surface area contributed by atoms with Crippen molar-refractivity contribution in [3.8, 4) is 34.4 Å². The summed E-state index contributed by atoms with van der Waals surface area (Å²) in [5.74, 6) is -0.938. The number of hydrogen-bond donors (Lipinski definition) is 2. The molecule has 2 fully saturated rings. The Bertz CT molecular complexity index is 1970. The van der Waals surface area contributed by atoms with Crippen LogP contribution in [0.5, 0.6) is 17.2 Å². The Morgan fingerprint density at radius 2 is 1.77 bits per heavy atom. The SMILES string of the molecule is N#Cc1cncc(COc2cc(O[C@H]3CCc4c(-c5cccc(OCCCN6CC(F)(F)C6)c5Cl)cccc43)c(Cl)cc2CN[C@@H]2CCCC[C@@H]2O)c1. The van der Waals surface area contributed by atoms with Crippen LogP contribution in [0, 0.1) is 11.3 Å². The second-order valence-electron chi connectivity index (χ2n) is 14.1. The van der Waals surface area contributed by atoms with Crippen molar-refractivity contribution in [2.75, 3.05) is 26.2 Å². The van der Waals surface area contributed by atoms with E-state index in [9.17, 15) is 19.1 Å². The number of alkyl halides is 2. The van der Waals surface area contributed by atoms with Gasteiger partial charge < -0.3 is 24.6 Å². The fourth-order valence-electron chi connectivity index (χ4n) is 7.53. The van der Waals surface area contributed by atoms with Gasteiger partial charge in [0.25, 0.3) is 5.92 Å². The molecule has 3 aliphatic rings. The number of nitrogens with zero attached hydrogens (tertiary/aromatic N) is 3. The number of hydrogen-bond acceptors (Lipinski definition) is 8. The third-order valence-corrected chi connectivity index (χ3v) is 10.9. The van der Waals surface area contributed by atoms with Crippen molar-refractivity contribution in [1.82, 2.24) is 15.2 Å². The smallest absolute Gasteiger partial charge is 0.272 e. The van der Waals surface area contributed by atoms with E-state index in [1.54, 1.807) is 17.2 Å². The number of fused-ring (bicyclic) bond motifs is 1. The number of rotatable bonds is 14. The van der Waals surface area contributed by atoms with E-state index in [1.165, 1.54) is 6.20 Å². The molecule has 278 valence electrons. The number of ether oxygens (including phenoxy) is 3. The molecule has 0 radical (unpaired) electrons. The lowest BCUT2D eigenvalue weighted by Gasteiger charge is -2.38. The van der Waals surface area contributed by atoms with E-state index in [4.69, 9.17) is 37.4 Å². The van der Waals surface area contributed by atoms with Crippen LogP contribution in [0.1, 0.15) is 72.4 Å². The summed E-state index contributed by atoms with van der Waals surface area (Å²) in [4.78, 5) is 5.88. The first-order chi connectivity index (χ1) is 25.7. The first-order valence-corrected chi connectivity index (χ1v) is 18.9. The second-order valence-corrected chi connectivity index (χ2v) is 14.9. The Morgan fingerprint density at radius 1 is 0.962 bits per heavy atom. The molecule has 4 aromatic rings. The maximum Gasteiger partial charge on any atom is 0.272 e. The molecule has 0 unspecified atom stereocenters. The molecule has 0 spiro atoms. The molecule has 1 saturated heterocycles. The molecular formula is C41H42Cl2F2N4O4. The fourth-order valence-corrected chi connectivity index (χ4v) is 8.04. The molecule has 3 aromatic carbocycles. The van der Waals surface area contributed by atoms with Crippen LogP contribution in [0.15, 0.2) is 67.0 Å². The van der Waals surface area contributed by atoms with Gasteiger partial charge in [0.1, 0.15) is 36.0 Å². The van der Waals surface area contributed by atoms with Crippen molar-refractivity contribution in [1.29, 1.82) is 5.26 Å². The molecule has 2 aliphatic carbocycles. The van der Waals surface area contributed by atoms with Crippen LogP contribution in [-0.4, -0.2) is 59.3 Å². The average Bonchev–Trinajstić information content (AvgIpc) is 3.56. The number of aliphatic hydroxyl groups is 1. The quantitative estimate of drug-likeness (QED) is 0.123. The van der Waals surface area contributed by atoms with Gasteiger partial charge in [-0.1, -0.05) is 66.4 Å². The van der Waals surface area contributed by atoms with E-state index in [1.807, 2.05) is 36.4 Å². The van der Waals surface area contributed by atoms with Crippen LogP contribution in [-0.2, 0) is 19.6 Å². The van der Waals surface area contributed by atoms with E-state index in [0.717, 1.165) is 71.9 Å². The van der Waals surface area contributed by atoms with Crippen LogP contribution in [0.4, 0.5) is 8.78 Å². The highest BCUT2D eigenvalue weighted by atomic mass is 35.5. The zero-order valence-electron chi connectivity index (χ0n) is 29.3. The molecule has 1 aromatic heterocycles. The van der Waals surface area contributed by atoms with Gasteiger partial charge >= 0.3 is 0 Å². The van der Waals surface area contributed by atoms with Crippen LogP contribution in [0.25, 0.3) is 11.1 Å². The Hall–Kier alpha value is -3.98. The van der Waals surface area contributed by atoms with E-state index in [2.05, 4.69) is 28.5 Å². The highest BCUT2D eigenvalue weighted by Crippen LogP contribution is 2.45. The molecular weight excluding hydrogens is 721 g/mol. The number of aromatic nitrogens is 1. The zero-order valence-corrected chi connectivity index (χ0v) is 30.8. The Kier molecular flexibility index (Phi) is 11.7. The third-order valence-electron chi connectivity index (χ3n) is 10.2. The van der Waals surface area contributed by atoms with Gasteiger partial charge in [0, 0.05) is 54.3 Å². The summed E-state index contributed by atoms with van der Waals surface area (Å²) in [7, 11) is 0. The number of pyridine rings is 1. The largest absolute Gasteiger partial charge is 0.492 e. The second kappa shape index (κ2) is 16.6. The molecule has 12 heteroatoms. The van der Waals surface area contributed by atoms with Gasteiger partial charge in [-0.2, -0.15) is 5.26 Å². The summed E-state index contributed by atoms with van der Waals surface area (Å²) in [6.45, 7) is 1.18. The lowest BCUT2D eigenvalue weighted by atomic mass is 9.92. The van der Waals surface area contributed by atoms with Gasteiger partial charge in [0.2, 0.25) is 0 Å². The van der Waals surface area contributed by atoms with Crippen molar-refractivity contribution in [3.05, 3.63) is 105 Å². The van der Waals surface area contributed by atoms with E-state index in [-0.39, 0.29) is 31.8 Å². The molecule has 7 rings (SSSR count). The average molecular weight is 764 g/mol. The summed E-state index contributed by atoms with van der Waals surface area (Å²) >= 11 is 13.8. The Balaban J connectivity index is 1.07. The highest BCUT2D eigenvalue weighted by Gasteiger charge is 2.43. The van der Waals surface area contributed by atoms with Gasteiger partial charge in [0.15, 0.2) is 0 Å². The maximum atomic E-state index is 13.2. The monoisotopic (exact) mass is 762 g/mol. The van der Waals surface area contributed by atoms with Gasteiger partial charge in [0.05, 0.1) is 41.4 Å². The zero-order chi connectivity index (χ0) is 37.0. The molecule has 3 atom stereocenters. The number of nitrogens with one attached hydrogen (secondary N) is 1. The van der Waals surface area contributed by atoms with Gasteiger partial charge in [-0.3, -0.25) is 9.88 Å². The summed E-state index contributed by atoms with van der Waals surface area (Å²) in [6.07, 6.45) is 8.41. The summed E-state index contributed by atoms with van der Waals surface area (Å²) in [6, 6.07) is 19.4. The number of nitriles is 1. The molecule has 53 heavy (non-hydrogen) atoms. The first-order valence-electron chi connectivity index (χ1n) is 18.2. The minimum absolute atomic E-state index is 0.0127. The summed E-state index contributed by atoms with van der Waals surface area (Å²) < 4.78 is 45.3. The van der Waals surface area contributed by atoms with Crippen LogP contribution < -0.4 is 19.5 Å². The maximum absolute atomic E-state index is 13.2. The van der Waals surface area contributed by atoms with E-state index < -0.39 is 12.0 Å². The van der Waals surface area contributed by atoms with Crippen LogP contribution in [0.2, 0.25) is 10.0 Å². The number of likely N-dealkylation sites (tertiary alicyclic amines) is 1. The van der Waals surface area contributed by atoms with E-state index >= 15 is 0 Å². The molecule has 2 N–H and O–H groups in total. The molecule has 2 heterocycles. The molecule has 0 amide bonds. The predicted octanol–water partition coefficient (Wildman–Crippen LogP) is 8.69. The molecule has 1 aliphatic heterocycles. The Morgan fingerprint density at radius 3 is 2.58 bits per heavy atom. The van der Waals surface area contributed by atoms with Crippen LogP contribution >= 0.6 is 23.2 Å². The van der Waals surface area contributed by atoms with Crippen molar-refractivity contribution >= 4 is 23.2 Å². The van der Waals surface area contributed by atoms with Crippen molar-refractivity contribution in [3.63, 3.8) is 0 Å². The molecule has 0 bridgehead atoms. The lowest BCUT2D eigenvalue weighted by Crippen LogP contribution is -2.56. The number of benzene rings is 3. The minimum Gasteiger partial charge on any atom is -0.492 e. The Labute approximate surface area is 318 Å². The molecule has 1 saturated carbocycles.